The van der Waals surface area contributed by atoms with Crippen LogP contribution in [0.4, 0.5) is 5.82 Å². The lowest BCUT2D eigenvalue weighted by molar-refractivity contribution is -0.115. The highest BCUT2D eigenvalue weighted by Crippen LogP contribution is 2.40. The van der Waals surface area contributed by atoms with E-state index in [9.17, 15) is 4.79 Å². The van der Waals surface area contributed by atoms with Gasteiger partial charge in [0.1, 0.15) is 33.6 Å². The summed E-state index contributed by atoms with van der Waals surface area (Å²) in [4.78, 5) is 24.0. The third-order valence-corrected chi connectivity index (χ3v) is 6.98. The van der Waals surface area contributed by atoms with Crippen LogP contribution in [0.5, 0.6) is 0 Å². The van der Waals surface area contributed by atoms with Crippen molar-refractivity contribution in [3.05, 3.63) is 28.5 Å². The predicted molar refractivity (Wildman–Crippen MR) is 106 cm³/mol. The van der Waals surface area contributed by atoms with Crippen LogP contribution in [-0.2, 0) is 24.7 Å². The number of rotatable bonds is 4. The van der Waals surface area contributed by atoms with Crippen LogP contribution in [0.15, 0.2) is 17.6 Å². The zero-order valence-corrected chi connectivity index (χ0v) is 16.7. The van der Waals surface area contributed by atoms with E-state index in [1.54, 1.807) is 24.7 Å². The van der Waals surface area contributed by atoms with E-state index in [1.165, 1.54) is 45.9 Å². The van der Waals surface area contributed by atoms with Crippen molar-refractivity contribution in [3.63, 3.8) is 0 Å². The normalized spacial score (nSPS) is 14.6. The Morgan fingerprint density at radius 1 is 1.41 bits per heavy atom. The van der Waals surface area contributed by atoms with Crippen LogP contribution in [0.25, 0.3) is 10.2 Å². The largest absolute Gasteiger partial charge is 0.309 e. The van der Waals surface area contributed by atoms with Crippen LogP contribution in [0.1, 0.15) is 35.8 Å². The van der Waals surface area contributed by atoms with E-state index in [-0.39, 0.29) is 11.2 Å². The fourth-order valence-electron chi connectivity index (χ4n) is 3.26. The van der Waals surface area contributed by atoms with Gasteiger partial charge in [-0.1, -0.05) is 11.8 Å². The van der Waals surface area contributed by atoms with Crippen molar-refractivity contribution in [3.8, 4) is 6.07 Å². The summed E-state index contributed by atoms with van der Waals surface area (Å²) in [6.07, 6.45) is 7.59. The van der Waals surface area contributed by atoms with Crippen molar-refractivity contribution >= 4 is 45.0 Å². The summed E-state index contributed by atoms with van der Waals surface area (Å²) in [5.74, 6) is 0.228. The first-order valence-corrected chi connectivity index (χ1v) is 10.4. The molecule has 1 N–H and O–H groups in total. The van der Waals surface area contributed by atoms with Gasteiger partial charge in [0.2, 0.25) is 5.91 Å². The molecule has 27 heavy (non-hydrogen) atoms. The minimum atomic E-state index is -0.372. The Balaban J connectivity index is 1.58. The number of carbonyl (C=O) groups is 1. The van der Waals surface area contributed by atoms with Gasteiger partial charge in [0.25, 0.3) is 0 Å². The van der Waals surface area contributed by atoms with Gasteiger partial charge in [-0.25, -0.2) is 9.97 Å². The molecule has 1 amide bonds. The molecule has 4 rings (SSSR count). The highest BCUT2D eigenvalue weighted by molar-refractivity contribution is 8.00. The predicted octanol–water partition coefficient (Wildman–Crippen LogP) is 3.29. The minimum absolute atomic E-state index is 0.184. The summed E-state index contributed by atoms with van der Waals surface area (Å²) in [5, 5.41) is 17.6. The van der Waals surface area contributed by atoms with E-state index < -0.39 is 0 Å². The molecule has 1 atom stereocenters. The maximum absolute atomic E-state index is 12.7. The SMILES string of the molecule is CC(Sc1ncnc2sc3c(c12)CCCC3)C(=O)Nc1c(C#N)cnn1C. The van der Waals surface area contributed by atoms with E-state index in [1.807, 2.05) is 13.0 Å². The first kappa shape index (κ1) is 17.9. The zero-order valence-electron chi connectivity index (χ0n) is 15.0. The van der Waals surface area contributed by atoms with Gasteiger partial charge < -0.3 is 5.32 Å². The smallest absolute Gasteiger partial charge is 0.238 e. The number of anilines is 1. The number of fused-ring (bicyclic) bond motifs is 3. The molecule has 138 valence electrons. The second-order valence-corrected chi connectivity index (χ2v) is 8.87. The molecule has 0 bridgehead atoms. The third-order valence-electron chi connectivity index (χ3n) is 4.68. The Bertz CT molecular complexity index is 1060. The van der Waals surface area contributed by atoms with Gasteiger partial charge in [-0.15, -0.1) is 11.3 Å². The quantitative estimate of drug-likeness (QED) is 0.535. The van der Waals surface area contributed by atoms with Gasteiger partial charge in [-0.2, -0.15) is 10.4 Å². The number of thioether (sulfide) groups is 1. The topological polar surface area (TPSA) is 96.5 Å². The van der Waals surface area contributed by atoms with Crippen LogP contribution in [0.2, 0.25) is 0 Å². The molecule has 0 saturated heterocycles. The molecular formula is C18H18N6OS2. The number of amides is 1. The van der Waals surface area contributed by atoms with Crippen LogP contribution >= 0.6 is 23.1 Å². The highest BCUT2D eigenvalue weighted by Gasteiger charge is 2.24. The molecular weight excluding hydrogens is 380 g/mol. The molecule has 3 heterocycles. The maximum Gasteiger partial charge on any atom is 0.238 e. The fraction of sp³-hybridized carbons (Fsp3) is 0.389. The second-order valence-electron chi connectivity index (χ2n) is 6.46. The van der Waals surface area contributed by atoms with Gasteiger partial charge in [0.05, 0.1) is 11.4 Å². The Kier molecular flexibility index (Phi) is 4.85. The lowest BCUT2D eigenvalue weighted by atomic mass is 9.97. The summed E-state index contributed by atoms with van der Waals surface area (Å²) in [7, 11) is 1.69. The number of nitrogens with one attached hydrogen (secondary N) is 1. The van der Waals surface area contributed by atoms with Gasteiger partial charge in [0, 0.05) is 17.3 Å². The van der Waals surface area contributed by atoms with Crippen LogP contribution in [0, 0.1) is 11.3 Å². The van der Waals surface area contributed by atoms with Gasteiger partial charge in [-0.3, -0.25) is 9.48 Å². The molecule has 1 unspecified atom stereocenters. The van der Waals surface area contributed by atoms with Crippen molar-refractivity contribution in [1.82, 2.24) is 19.7 Å². The van der Waals surface area contributed by atoms with E-state index in [2.05, 4.69) is 20.4 Å². The van der Waals surface area contributed by atoms with E-state index >= 15 is 0 Å². The summed E-state index contributed by atoms with van der Waals surface area (Å²) in [5.41, 5.74) is 1.70. The number of aryl methyl sites for hydroxylation is 3. The first-order valence-electron chi connectivity index (χ1n) is 8.73. The summed E-state index contributed by atoms with van der Waals surface area (Å²) < 4.78 is 1.49. The van der Waals surface area contributed by atoms with Crippen LogP contribution < -0.4 is 5.32 Å². The number of aromatic nitrogens is 4. The monoisotopic (exact) mass is 398 g/mol. The standard InChI is InChI=1S/C18H18N6OS2/c1-10(16(25)23-15-11(7-19)8-22-24(15)2)26-17-14-12-5-3-4-6-13(12)27-18(14)21-9-20-17/h8-10H,3-6H2,1-2H3,(H,23,25). The Hall–Kier alpha value is -2.44. The van der Waals surface area contributed by atoms with E-state index in [0.717, 1.165) is 28.1 Å². The number of carbonyl (C=O) groups excluding carboxylic acids is 1. The molecule has 3 aromatic rings. The van der Waals surface area contributed by atoms with Crippen molar-refractivity contribution in [2.24, 2.45) is 7.05 Å². The van der Waals surface area contributed by atoms with Gasteiger partial charge in [0.15, 0.2) is 0 Å². The molecule has 1 aliphatic rings. The lowest BCUT2D eigenvalue weighted by Gasteiger charge is -2.14. The molecule has 0 saturated carbocycles. The van der Waals surface area contributed by atoms with Gasteiger partial charge >= 0.3 is 0 Å². The molecule has 7 nitrogen and oxygen atoms in total. The Morgan fingerprint density at radius 2 is 2.22 bits per heavy atom. The molecule has 1 aliphatic carbocycles. The molecule has 0 radical (unpaired) electrons. The first-order chi connectivity index (χ1) is 13.1. The summed E-state index contributed by atoms with van der Waals surface area (Å²) >= 11 is 3.18. The zero-order chi connectivity index (χ0) is 19.0. The summed E-state index contributed by atoms with van der Waals surface area (Å²) in [6.45, 7) is 1.84. The van der Waals surface area contributed by atoms with Crippen molar-refractivity contribution < 1.29 is 4.79 Å². The van der Waals surface area contributed by atoms with Crippen LogP contribution in [-0.4, -0.2) is 30.9 Å². The van der Waals surface area contributed by atoms with Crippen LogP contribution in [0.3, 0.4) is 0 Å². The molecule has 0 aliphatic heterocycles. The average Bonchev–Trinajstić information content (AvgIpc) is 3.22. The number of hydrogen-bond donors (Lipinski definition) is 1. The Labute approximate surface area is 164 Å². The molecule has 9 heteroatoms. The number of hydrogen-bond acceptors (Lipinski definition) is 7. The molecule has 0 spiro atoms. The average molecular weight is 399 g/mol. The number of nitriles is 1. The third kappa shape index (κ3) is 3.31. The van der Waals surface area contributed by atoms with Crippen molar-refractivity contribution in [2.45, 2.75) is 42.9 Å². The molecule has 3 aromatic heterocycles. The van der Waals surface area contributed by atoms with E-state index in [0.29, 0.717) is 11.4 Å². The highest BCUT2D eigenvalue weighted by atomic mass is 32.2. The summed E-state index contributed by atoms with van der Waals surface area (Å²) in [6, 6.07) is 2.04. The maximum atomic E-state index is 12.7. The lowest BCUT2D eigenvalue weighted by Crippen LogP contribution is -2.24. The number of nitrogens with zero attached hydrogens (tertiary/aromatic N) is 5. The van der Waals surface area contributed by atoms with Crippen molar-refractivity contribution in [2.75, 3.05) is 5.32 Å². The Morgan fingerprint density at radius 3 is 3.04 bits per heavy atom. The molecule has 0 fully saturated rings. The van der Waals surface area contributed by atoms with Gasteiger partial charge in [-0.05, 0) is 38.2 Å². The van der Waals surface area contributed by atoms with E-state index in [4.69, 9.17) is 5.26 Å². The molecule has 0 aromatic carbocycles. The number of thiophene rings is 1. The van der Waals surface area contributed by atoms with Crippen molar-refractivity contribution in [1.29, 1.82) is 5.26 Å². The minimum Gasteiger partial charge on any atom is -0.309 e. The fourth-order valence-corrected chi connectivity index (χ4v) is 5.50. The second kappa shape index (κ2) is 7.29.